The van der Waals surface area contributed by atoms with Crippen LogP contribution in [0.3, 0.4) is 0 Å². The van der Waals surface area contributed by atoms with Gasteiger partial charge in [-0.25, -0.2) is 4.79 Å². The highest BCUT2D eigenvalue weighted by molar-refractivity contribution is 6.16. The molecule has 1 saturated heterocycles. The molecule has 3 aliphatic rings. The van der Waals surface area contributed by atoms with Crippen molar-refractivity contribution in [2.24, 2.45) is 5.92 Å². The molecular formula is C32H30N2O4. The van der Waals surface area contributed by atoms with Crippen LogP contribution in [-0.2, 0) is 26.2 Å². The first-order chi connectivity index (χ1) is 18.5. The number of benzene rings is 3. The summed E-state index contributed by atoms with van der Waals surface area (Å²) in [5, 5.41) is 3.04. The van der Waals surface area contributed by atoms with E-state index in [0.29, 0.717) is 11.3 Å². The Morgan fingerprint density at radius 2 is 1.71 bits per heavy atom. The summed E-state index contributed by atoms with van der Waals surface area (Å²) in [7, 11) is 0. The van der Waals surface area contributed by atoms with Gasteiger partial charge >= 0.3 is 5.97 Å². The maximum Gasteiger partial charge on any atom is 0.329 e. The number of Topliss-reactive ketones (excluding diaryl/α,β-unsaturated/α-hetero) is 1. The first kappa shape index (κ1) is 24.2. The Labute approximate surface area is 222 Å². The predicted molar refractivity (Wildman–Crippen MR) is 147 cm³/mol. The third-order valence-electron chi connectivity index (χ3n) is 8.13. The van der Waals surface area contributed by atoms with Crippen molar-refractivity contribution < 1.29 is 19.1 Å². The molecule has 0 aliphatic carbocycles. The third-order valence-corrected chi connectivity index (χ3v) is 8.13. The first-order valence-corrected chi connectivity index (χ1v) is 13.3. The van der Waals surface area contributed by atoms with Crippen LogP contribution >= 0.6 is 0 Å². The molecule has 6 heteroatoms. The minimum Gasteiger partial charge on any atom is -0.464 e. The molecule has 3 aromatic carbocycles. The molecule has 192 valence electrons. The van der Waals surface area contributed by atoms with Gasteiger partial charge in [0.05, 0.1) is 18.6 Å². The zero-order chi connectivity index (χ0) is 26.4. The third kappa shape index (κ3) is 3.36. The second-order valence-electron chi connectivity index (χ2n) is 10.1. The van der Waals surface area contributed by atoms with Crippen molar-refractivity contribution in [3.8, 4) is 0 Å². The Balaban J connectivity index is 1.60. The lowest BCUT2D eigenvalue weighted by atomic mass is 9.64. The highest BCUT2D eigenvalue weighted by Crippen LogP contribution is 2.57. The molecule has 38 heavy (non-hydrogen) atoms. The number of fused-ring (bicyclic) bond motifs is 6. The number of para-hydroxylation sites is 2. The number of carbonyl (C=O) groups is 3. The van der Waals surface area contributed by atoms with Gasteiger partial charge in [-0.05, 0) is 42.2 Å². The van der Waals surface area contributed by atoms with Gasteiger partial charge in [0.25, 0.3) is 0 Å². The van der Waals surface area contributed by atoms with Crippen molar-refractivity contribution in [1.82, 2.24) is 0 Å². The van der Waals surface area contributed by atoms with Crippen LogP contribution in [-0.4, -0.2) is 36.4 Å². The fourth-order valence-electron chi connectivity index (χ4n) is 6.62. The van der Waals surface area contributed by atoms with Crippen molar-refractivity contribution in [2.45, 2.75) is 44.2 Å². The average molecular weight is 507 g/mol. The second-order valence-corrected chi connectivity index (χ2v) is 10.1. The SMILES string of the molecule is CCCc1ccc(C(=O)[C@@H]2[C@@H](C(=O)OCC)N3c4ccccc4C=C[C@@H]3[C@@]23C(=O)Nc2ccccc23)cc1. The van der Waals surface area contributed by atoms with E-state index < -0.39 is 29.4 Å². The van der Waals surface area contributed by atoms with Gasteiger partial charge in [-0.3, -0.25) is 9.59 Å². The van der Waals surface area contributed by atoms with Crippen molar-refractivity contribution in [2.75, 3.05) is 16.8 Å². The van der Waals surface area contributed by atoms with Gasteiger partial charge < -0.3 is 15.0 Å². The highest BCUT2D eigenvalue weighted by Gasteiger charge is 2.70. The molecule has 0 unspecified atom stereocenters. The van der Waals surface area contributed by atoms with Gasteiger partial charge in [-0.1, -0.05) is 86.2 Å². The van der Waals surface area contributed by atoms with E-state index in [1.54, 1.807) is 6.92 Å². The lowest BCUT2D eigenvalue weighted by Crippen LogP contribution is -2.51. The summed E-state index contributed by atoms with van der Waals surface area (Å²) in [6, 6.07) is 21.3. The van der Waals surface area contributed by atoms with Crippen LogP contribution in [0.2, 0.25) is 0 Å². The Bertz CT molecular complexity index is 1460. The molecule has 4 atom stereocenters. The van der Waals surface area contributed by atoms with Crippen molar-refractivity contribution in [3.63, 3.8) is 0 Å². The molecule has 6 rings (SSSR count). The van der Waals surface area contributed by atoms with Gasteiger partial charge in [-0.2, -0.15) is 0 Å². The number of esters is 1. The Morgan fingerprint density at radius 1 is 0.974 bits per heavy atom. The first-order valence-electron chi connectivity index (χ1n) is 13.3. The Morgan fingerprint density at radius 3 is 2.47 bits per heavy atom. The molecule has 3 aromatic rings. The van der Waals surface area contributed by atoms with E-state index in [4.69, 9.17) is 4.74 Å². The lowest BCUT2D eigenvalue weighted by Gasteiger charge is -2.37. The normalized spacial score (nSPS) is 24.5. The zero-order valence-electron chi connectivity index (χ0n) is 21.5. The van der Waals surface area contributed by atoms with E-state index in [1.165, 1.54) is 0 Å². The molecule has 1 amide bonds. The average Bonchev–Trinajstić information content (AvgIpc) is 3.42. The van der Waals surface area contributed by atoms with Crippen molar-refractivity contribution in [3.05, 3.63) is 101 Å². The number of nitrogens with one attached hydrogen (secondary N) is 1. The summed E-state index contributed by atoms with van der Waals surface area (Å²) in [6.45, 7) is 4.04. The predicted octanol–water partition coefficient (Wildman–Crippen LogP) is 5.18. The van der Waals surface area contributed by atoms with Gasteiger partial charge in [0.1, 0.15) is 11.5 Å². The van der Waals surface area contributed by atoms with Gasteiger partial charge in [0, 0.05) is 16.9 Å². The number of hydrogen-bond donors (Lipinski definition) is 1. The summed E-state index contributed by atoms with van der Waals surface area (Å²) < 4.78 is 5.59. The van der Waals surface area contributed by atoms with Crippen LogP contribution in [0.4, 0.5) is 11.4 Å². The lowest BCUT2D eigenvalue weighted by molar-refractivity contribution is -0.145. The number of nitrogens with zero attached hydrogens (tertiary/aromatic N) is 1. The molecule has 0 radical (unpaired) electrons. The number of carbonyl (C=O) groups excluding carboxylic acids is 3. The van der Waals surface area contributed by atoms with Crippen LogP contribution < -0.4 is 10.2 Å². The van der Waals surface area contributed by atoms with Crippen LogP contribution in [0.25, 0.3) is 6.08 Å². The van der Waals surface area contributed by atoms with Gasteiger partial charge in [-0.15, -0.1) is 0 Å². The van der Waals surface area contributed by atoms with Crippen LogP contribution in [0.5, 0.6) is 0 Å². The van der Waals surface area contributed by atoms with E-state index in [0.717, 1.165) is 35.2 Å². The molecule has 3 aliphatic heterocycles. The summed E-state index contributed by atoms with van der Waals surface area (Å²) in [5.74, 6) is -2.01. The molecule has 0 bridgehead atoms. The van der Waals surface area contributed by atoms with E-state index >= 15 is 0 Å². The Hall–Kier alpha value is -4.19. The van der Waals surface area contributed by atoms with E-state index in [9.17, 15) is 14.4 Å². The molecule has 6 nitrogen and oxygen atoms in total. The maximum absolute atomic E-state index is 14.6. The van der Waals surface area contributed by atoms with Crippen LogP contribution in [0, 0.1) is 5.92 Å². The number of aryl methyl sites for hydroxylation is 1. The minimum absolute atomic E-state index is 0.174. The highest BCUT2D eigenvalue weighted by atomic mass is 16.5. The Kier molecular flexibility index (Phi) is 5.90. The largest absolute Gasteiger partial charge is 0.464 e. The van der Waals surface area contributed by atoms with Crippen LogP contribution in [0.15, 0.2) is 78.9 Å². The zero-order valence-corrected chi connectivity index (χ0v) is 21.5. The monoisotopic (exact) mass is 506 g/mol. The molecule has 0 aromatic heterocycles. The number of hydrogen-bond acceptors (Lipinski definition) is 5. The maximum atomic E-state index is 14.6. The topological polar surface area (TPSA) is 75.7 Å². The quantitative estimate of drug-likeness (QED) is 0.369. The summed E-state index contributed by atoms with van der Waals surface area (Å²) in [4.78, 5) is 44.5. The van der Waals surface area contributed by atoms with E-state index in [-0.39, 0.29) is 18.3 Å². The second kappa shape index (κ2) is 9.28. The molecular weight excluding hydrogens is 476 g/mol. The number of ketones is 1. The minimum atomic E-state index is -1.31. The van der Waals surface area contributed by atoms with E-state index in [1.807, 2.05) is 89.8 Å². The summed E-state index contributed by atoms with van der Waals surface area (Å²) in [6.07, 6.45) is 5.87. The number of ether oxygens (including phenoxy) is 1. The fraction of sp³-hybridized carbons (Fsp3) is 0.281. The summed E-state index contributed by atoms with van der Waals surface area (Å²) in [5.41, 5.74) is 3.46. The number of amides is 1. The molecule has 3 heterocycles. The number of anilines is 2. The van der Waals surface area contributed by atoms with Gasteiger partial charge in [0.15, 0.2) is 5.78 Å². The standard InChI is InChI=1S/C32H30N2O4/c1-3-9-20-14-16-22(17-15-20)29(35)27-28(30(36)38-4-2)34-25-13-8-5-10-21(25)18-19-26(34)32(27)23-11-6-7-12-24(23)33-31(32)37/h5-8,10-19,26-28H,3-4,9H2,1-2H3,(H,33,37)/t26-,27+,28+,32-/m1/s1. The molecule has 0 saturated carbocycles. The molecule has 1 fully saturated rings. The smallest absolute Gasteiger partial charge is 0.329 e. The van der Waals surface area contributed by atoms with Gasteiger partial charge in [0.2, 0.25) is 5.91 Å². The number of rotatable bonds is 6. The van der Waals surface area contributed by atoms with Crippen molar-refractivity contribution in [1.29, 1.82) is 0 Å². The van der Waals surface area contributed by atoms with Crippen molar-refractivity contribution >= 4 is 35.1 Å². The summed E-state index contributed by atoms with van der Waals surface area (Å²) >= 11 is 0. The molecule has 1 spiro atoms. The van der Waals surface area contributed by atoms with E-state index in [2.05, 4.69) is 12.2 Å². The molecule has 1 N–H and O–H groups in total. The van der Waals surface area contributed by atoms with Crippen LogP contribution in [0.1, 0.15) is 47.3 Å². The fourth-order valence-corrected chi connectivity index (χ4v) is 6.62.